The summed E-state index contributed by atoms with van der Waals surface area (Å²) < 4.78 is 0. The van der Waals surface area contributed by atoms with Gasteiger partial charge in [-0.05, 0) is 31.8 Å². The molecule has 0 rings (SSSR count). The maximum Gasteiger partial charge on any atom is 0.320 e. The Balaban J connectivity index is 3.44. The van der Waals surface area contributed by atoms with E-state index in [4.69, 9.17) is 10.8 Å². The van der Waals surface area contributed by atoms with Crippen molar-refractivity contribution in [2.45, 2.75) is 32.2 Å². The molecule has 0 spiro atoms. The number of hydrogen-bond donors (Lipinski definition) is 3. The summed E-state index contributed by atoms with van der Waals surface area (Å²) in [6.07, 6.45) is 2.19. The minimum absolute atomic E-state index is 0.510. The predicted octanol–water partition coefficient (Wildman–Crippen LogP) is 1.25. The van der Waals surface area contributed by atoms with Crippen LogP contribution in [0.4, 0.5) is 0 Å². The number of carboxylic acid groups (broad SMARTS) is 1. The first-order valence-corrected chi connectivity index (χ1v) is 5.02. The molecule has 4 nitrogen and oxygen atoms in total. The van der Waals surface area contributed by atoms with E-state index in [9.17, 15) is 4.79 Å². The standard InChI is InChI=1S/C11H20N2O2/c1-8(2)9(3)13-7-5-4-6-10(12)11(14)15/h10,13H,1,3-7,12H2,2H3,(H,14,15). The lowest BCUT2D eigenvalue weighted by atomic mass is 10.1. The van der Waals surface area contributed by atoms with Crippen LogP contribution in [-0.4, -0.2) is 23.7 Å². The number of rotatable bonds is 8. The van der Waals surface area contributed by atoms with Crippen LogP contribution in [0, 0.1) is 0 Å². The van der Waals surface area contributed by atoms with E-state index in [0.29, 0.717) is 6.42 Å². The van der Waals surface area contributed by atoms with Crippen molar-refractivity contribution < 1.29 is 9.90 Å². The van der Waals surface area contributed by atoms with E-state index in [-0.39, 0.29) is 0 Å². The second-order valence-corrected chi connectivity index (χ2v) is 3.63. The number of nitrogens with one attached hydrogen (secondary N) is 1. The lowest BCUT2D eigenvalue weighted by Gasteiger charge is -2.09. The van der Waals surface area contributed by atoms with Gasteiger partial charge in [0.1, 0.15) is 6.04 Å². The van der Waals surface area contributed by atoms with Crippen LogP contribution < -0.4 is 11.1 Å². The van der Waals surface area contributed by atoms with Gasteiger partial charge >= 0.3 is 5.97 Å². The molecule has 0 fully saturated rings. The molecule has 0 aliphatic heterocycles. The van der Waals surface area contributed by atoms with Crippen LogP contribution in [-0.2, 0) is 4.79 Å². The van der Waals surface area contributed by atoms with Gasteiger partial charge in [-0.15, -0.1) is 0 Å². The minimum Gasteiger partial charge on any atom is -0.480 e. The van der Waals surface area contributed by atoms with Gasteiger partial charge in [-0.1, -0.05) is 13.2 Å². The Bertz CT molecular complexity index is 249. The van der Waals surface area contributed by atoms with Gasteiger partial charge in [-0.25, -0.2) is 0 Å². The molecule has 0 amide bonds. The summed E-state index contributed by atoms with van der Waals surface area (Å²) >= 11 is 0. The minimum atomic E-state index is -0.936. The number of carbonyl (C=O) groups is 1. The number of hydrogen-bond acceptors (Lipinski definition) is 3. The van der Waals surface area contributed by atoms with Crippen LogP contribution in [0.15, 0.2) is 24.4 Å². The molecule has 0 aliphatic carbocycles. The molecule has 0 saturated carbocycles. The summed E-state index contributed by atoms with van der Waals surface area (Å²) in [5.41, 5.74) is 7.10. The summed E-state index contributed by atoms with van der Waals surface area (Å²) in [5.74, 6) is -0.936. The van der Waals surface area contributed by atoms with Crippen molar-refractivity contribution in [3.8, 4) is 0 Å². The third kappa shape index (κ3) is 6.74. The number of nitrogens with two attached hydrogens (primary N) is 1. The fourth-order valence-corrected chi connectivity index (χ4v) is 1.00. The quantitative estimate of drug-likeness (QED) is 0.418. The molecule has 0 aromatic carbocycles. The van der Waals surface area contributed by atoms with Crippen molar-refractivity contribution in [3.63, 3.8) is 0 Å². The molecule has 15 heavy (non-hydrogen) atoms. The van der Waals surface area contributed by atoms with E-state index < -0.39 is 12.0 Å². The molecule has 0 saturated heterocycles. The van der Waals surface area contributed by atoms with Crippen molar-refractivity contribution in [1.29, 1.82) is 0 Å². The van der Waals surface area contributed by atoms with Crippen LogP contribution in [0.25, 0.3) is 0 Å². The van der Waals surface area contributed by atoms with Crippen LogP contribution in [0.1, 0.15) is 26.2 Å². The highest BCUT2D eigenvalue weighted by atomic mass is 16.4. The van der Waals surface area contributed by atoms with Crippen LogP contribution in [0.5, 0.6) is 0 Å². The molecule has 1 atom stereocenters. The molecule has 4 N–H and O–H groups in total. The Morgan fingerprint density at radius 3 is 2.53 bits per heavy atom. The summed E-state index contributed by atoms with van der Waals surface area (Å²) in [5, 5.41) is 11.6. The highest BCUT2D eigenvalue weighted by Gasteiger charge is 2.09. The third-order valence-electron chi connectivity index (χ3n) is 2.11. The molecule has 0 bridgehead atoms. The third-order valence-corrected chi connectivity index (χ3v) is 2.11. The molecule has 0 radical (unpaired) electrons. The average Bonchev–Trinajstić information content (AvgIpc) is 2.16. The number of allylic oxidation sites excluding steroid dienone is 1. The largest absolute Gasteiger partial charge is 0.480 e. The summed E-state index contributed by atoms with van der Waals surface area (Å²) in [6.45, 7) is 10.2. The zero-order valence-electron chi connectivity index (χ0n) is 9.25. The van der Waals surface area contributed by atoms with Crippen molar-refractivity contribution in [2.24, 2.45) is 5.73 Å². The van der Waals surface area contributed by atoms with Crippen LogP contribution >= 0.6 is 0 Å². The van der Waals surface area contributed by atoms with Gasteiger partial charge in [0.05, 0.1) is 0 Å². The van der Waals surface area contributed by atoms with Gasteiger partial charge in [0, 0.05) is 12.2 Å². The number of carboxylic acids is 1. The summed E-state index contributed by atoms with van der Waals surface area (Å²) in [4.78, 5) is 10.4. The highest BCUT2D eigenvalue weighted by molar-refractivity contribution is 5.72. The maximum absolute atomic E-state index is 10.4. The van der Waals surface area contributed by atoms with Gasteiger partial charge in [-0.2, -0.15) is 0 Å². The predicted molar refractivity (Wildman–Crippen MR) is 61.4 cm³/mol. The lowest BCUT2D eigenvalue weighted by Crippen LogP contribution is -2.30. The van der Waals surface area contributed by atoms with Crippen LogP contribution in [0.2, 0.25) is 0 Å². The van der Waals surface area contributed by atoms with Gasteiger partial charge in [0.2, 0.25) is 0 Å². The normalized spacial score (nSPS) is 11.9. The van der Waals surface area contributed by atoms with E-state index in [1.54, 1.807) is 0 Å². The molecule has 1 unspecified atom stereocenters. The monoisotopic (exact) mass is 212 g/mol. The molecule has 0 heterocycles. The van der Waals surface area contributed by atoms with E-state index in [0.717, 1.165) is 30.7 Å². The fraction of sp³-hybridized carbons (Fsp3) is 0.545. The Labute approximate surface area is 90.9 Å². The number of aliphatic carboxylic acids is 1. The lowest BCUT2D eigenvalue weighted by molar-refractivity contribution is -0.138. The molecule has 0 aromatic heterocycles. The Hall–Kier alpha value is -1.29. The first kappa shape index (κ1) is 13.7. The van der Waals surface area contributed by atoms with Crippen molar-refractivity contribution in [2.75, 3.05) is 6.54 Å². The zero-order chi connectivity index (χ0) is 11.8. The van der Waals surface area contributed by atoms with Crippen molar-refractivity contribution in [3.05, 3.63) is 24.4 Å². The molecular weight excluding hydrogens is 192 g/mol. The molecule has 0 aliphatic rings. The average molecular weight is 212 g/mol. The topological polar surface area (TPSA) is 75.3 Å². The van der Waals surface area contributed by atoms with E-state index >= 15 is 0 Å². The first-order valence-electron chi connectivity index (χ1n) is 5.02. The second-order valence-electron chi connectivity index (χ2n) is 3.63. The second kappa shape index (κ2) is 7.06. The van der Waals surface area contributed by atoms with Crippen molar-refractivity contribution in [1.82, 2.24) is 5.32 Å². The van der Waals surface area contributed by atoms with Gasteiger partial charge in [0.15, 0.2) is 0 Å². The maximum atomic E-state index is 10.4. The Morgan fingerprint density at radius 1 is 1.47 bits per heavy atom. The smallest absolute Gasteiger partial charge is 0.320 e. The van der Waals surface area contributed by atoms with E-state index in [1.807, 2.05) is 6.92 Å². The summed E-state index contributed by atoms with van der Waals surface area (Å²) in [6, 6.07) is -0.741. The fourth-order valence-electron chi connectivity index (χ4n) is 1.00. The van der Waals surface area contributed by atoms with Crippen molar-refractivity contribution >= 4 is 5.97 Å². The highest BCUT2D eigenvalue weighted by Crippen LogP contribution is 2.01. The molecule has 0 aromatic rings. The molecular formula is C11H20N2O2. The SMILES string of the molecule is C=C(C)C(=C)NCCCCC(N)C(=O)O. The zero-order valence-corrected chi connectivity index (χ0v) is 9.25. The van der Waals surface area contributed by atoms with Gasteiger partial charge in [-0.3, -0.25) is 4.79 Å². The van der Waals surface area contributed by atoms with Crippen LogP contribution in [0.3, 0.4) is 0 Å². The summed E-state index contributed by atoms with van der Waals surface area (Å²) in [7, 11) is 0. The Kier molecular flexibility index (Phi) is 6.45. The van der Waals surface area contributed by atoms with Gasteiger partial charge < -0.3 is 16.2 Å². The molecule has 86 valence electrons. The first-order chi connectivity index (χ1) is 6.95. The molecule has 4 heteroatoms. The Morgan fingerprint density at radius 2 is 2.07 bits per heavy atom. The van der Waals surface area contributed by atoms with E-state index in [1.165, 1.54) is 0 Å². The van der Waals surface area contributed by atoms with E-state index in [2.05, 4.69) is 18.5 Å². The number of unbranched alkanes of at least 4 members (excludes halogenated alkanes) is 1. The van der Waals surface area contributed by atoms with Gasteiger partial charge in [0.25, 0.3) is 0 Å².